The predicted octanol–water partition coefficient (Wildman–Crippen LogP) is 1.59. The van der Waals surface area contributed by atoms with E-state index in [1.165, 1.54) is 0 Å². The first-order chi connectivity index (χ1) is 6.29. The molecule has 1 nitrogen and oxygen atoms in total. The summed E-state index contributed by atoms with van der Waals surface area (Å²) >= 11 is 0. The minimum absolute atomic E-state index is 0.790. The summed E-state index contributed by atoms with van der Waals surface area (Å²) < 4.78 is 0. The molecule has 0 unspecified atom stereocenters. The summed E-state index contributed by atoms with van der Waals surface area (Å²) in [6.07, 6.45) is 0.973. The highest BCUT2D eigenvalue weighted by molar-refractivity contribution is 6.33. The second kappa shape index (κ2) is 3.21. The molecule has 2 heteroatoms. The SMILES string of the molecule is [B]c1ccc2nc(CC)ccc2c1. The summed E-state index contributed by atoms with van der Waals surface area (Å²) in [7, 11) is 5.67. The second-order valence-electron chi connectivity index (χ2n) is 3.11. The number of hydrogen-bond acceptors (Lipinski definition) is 1. The molecule has 0 saturated carbocycles. The van der Waals surface area contributed by atoms with Crippen LogP contribution >= 0.6 is 0 Å². The fraction of sp³-hybridized carbons (Fsp3) is 0.182. The molecule has 0 spiro atoms. The van der Waals surface area contributed by atoms with E-state index in [1.807, 2.05) is 24.3 Å². The normalized spacial score (nSPS) is 10.5. The van der Waals surface area contributed by atoms with Crippen molar-refractivity contribution in [2.45, 2.75) is 13.3 Å². The van der Waals surface area contributed by atoms with Gasteiger partial charge in [0.25, 0.3) is 0 Å². The molecule has 2 rings (SSSR count). The van der Waals surface area contributed by atoms with Gasteiger partial charge in [-0.3, -0.25) is 4.98 Å². The van der Waals surface area contributed by atoms with Gasteiger partial charge in [-0.25, -0.2) is 0 Å². The molecule has 13 heavy (non-hydrogen) atoms. The fourth-order valence-corrected chi connectivity index (χ4v) is 1.38. The van der Waals surface area contributed by atoms with Gasteiger partial charge < -0.3 is 0 Å². The second-order valence-corrected chi connectivity index (χ2v) is 3.11. The molecule has 0 aliphatic carbocycles. The molecule has 0 amide bonds. The first-order valence-corrected chi connectivity index (χ1v) is 4.45. The summed E-state index contributed by atoms with van der Waals surface area (Å²) in [6, 6.07) is 9.90. The van der Waals surface area contributed by atoms with Gasteiger partial charge >= 0.3 is 0 Å². The molecular weight excluding hydrogens is 157 g/mol. The molecule has 0 aliphatic heterocycles. The number of fused-ring (bicyclic) bond motifs is 1. The Labute approximate surface area is 79.2 Å². The molecule has 2 aromatic rings. The van der Waals surface area contributed by atoms with Crippen LogP contribution in [0.5, 0.6) is 0 Å². The molecule has 0 saturated heterocycles. The number of nitrogens with zero attached hydrogens (tertiary/aromatic N) is 1. The topological polar surface area (TPSA) is 12.9 Å². The minimum atomic E-state index is 0.790. The summed E-state index contributed by atoms with van der Waals surface area (Å²) in [5.74, 6) is 0. The van der Waals surface area contributed by atoms with Crippen LogP contribution in [0.15, 0.2) is 30.3 Å². The lowest BCUT2D eigenvalue weighted by molar-refractivity contribution is 1.06. The van der Waals surface area contributed by atoms with E-state index in [0.717, 1.165) is 28.5 Å². The predicted molar refractivity (Wildman–Crippen MR) is 56.5 cm³/mol. The number of aromatic nitrogens is 1. The van der Waals surface area contributed by atoms with Gasteiger partial charge in [0.2, 0.25) is 0 Å². The zero-order chi connectivity index (χ0) is 9.26. The van der Waals surface area contributed by atoms with E-state index in [4.69, 9.17) is 7.85 Å². The Balaban J connectivity index is 2.66. The standard InChI is InChI=1S/C11H10BN/c1-2-10-5-3-8-7-9(12)4-6-11(8)13-10/h3-7H,2H2,1H3. The third kappa shape index (κ3) is 1.57. The van der Waals surface area contributed by atoms with Crippen LogP contribution in [-0.4, -0.2) is 12.8 Å². The Morgan fingerprint density at radius 2 is 2.08 bits per heavy atom. The van der Waals surface area contributed by atoms with Crippen molar-refractivity contribution in [2.24, 2.45) is 0 Å². The zero-order valence-electron chi connectivity index (χ0n) is 7.62. The molecular formula is C11H10BN. The van der Waals surface area contributed by atoms with Gasteiger partial charge in [-0.05, 0) is 23.9 Å². The number of hydrogen-bond donors (Lipinski definition) is 0. The summed E-state index contributed by atoms with van der Waals surface area (Å²) in [6.45, 7) is 2.10. The maximum atomic E-state index is 5.67. The first-order valence-electron chi connectivity index (χ1n) is 4.45. The Kier molecular flexibility index (Phi) is 2.05. The van der Waals surface area contributed by atoms with E-state index in [9.17, 15) is 0 Å². The lowest BCUT2D eigenvalue weighted by Crippen LogP contribution is -2.00. The van der Waals surface area contributed by atoms with E-state index in [2.05, 4.69) is 18.0 Å². The van der Waals surface area contributed by atoms with Crippen LogP contribution in [0, 0.1) is 0 Å². The number of aryl methyl sites for hydroxylation is 1. The molecule has 0 N–H and O–H groups in total. The van der Waals surface area contributed by atoms with Crippen molar-refractivity contribution in [3.05, 3.63) is 36.0 Å². The molecule has 0 fully saturated rings. The van der Waals surface area contributed by atoms with Crippen LogP contribution in [0.25, 0.3) is 10.9 Å². The van der Waals surface area contributed by atoms with Crippen molar-refractivity contribution in [3.63, 3.8) is 0 Å². The Morgan fingerprint density at radius 1 is 1.23 bits per heavy atom. The zero-order valence-corrected chi connectivity index (χ0v) is 7.62. The van der Waals surface area contributed by atoms with Gasteiger partial charge in [0.1, 0.15) is 7.85 Å². The van der Waals surface area contributed by atoms with Crippen LogP contribution in [0.2, 0.25) is 0 Å². The average molecular weight is 167 g/mol. The average Bonchev–Trinajstić information content (AvgIpc) is 2.17. The molecule has 1 aromatic carbocycles. The molecule has 62 valence electrons. The third-order valence-corrected chi connectivity index (χ3v) is 2.13. The van der Waals surface area contributed by atoms with Gasteiger partial charge in [-0.1, -0.05) is 30.6 Å². The highest BCUT2D eigenvalue weighted by Crippen LogP contribution is 2.10. The van der Waals surface area contributed by atoms with E-state index < -0.39 is 0 Å². The minimum Gasteiger partial charge on any atom is -0.253 e. The summed E-state index contributed by atoms with van der Waals surface area (Å²) in [5, 5.41) is 1.11. The molecule has 1 heterocycles. The van der Waals surface area contributed by atoms with E-state index in [1.54, 1.807) is 0 Å². The van der Waals surface area contributed by atoms with Crippen LogP contribution in [0.3, 0.4) is 0 Å². The summed E-state index contributed by atoms with van der Waals surface area (Å²) in [5.41, 5.74) is 2.93. The van der Waals surface area contributed by atoms with Crippen molar-refractivity contribution in [1.29, 1.82) is 0 Å². The van der Waals surface area contributed by atoms with Gasteiger partial charge in [0, 0.05) is 5.69 Å². The van der Waals surface area contributed by atoms with Gasteiger partial charge in [-0.15, -0.1) is 0 Å². The smallest absolute Gasteiger partial charge is 0.113 e. The van der Waals surface area contributed by atoms with Crippen LogP contribution in [0.1, 0.15) is 12.6 Å². The van der Waals surface area contributed by atoms with Crippen LogP contribution in [0.4, 0.5) is 0 Å². The third-order valence-electron chi connectivity index (χ3n) is 2.13. The molecule has 0 atom stereocenters. The van der Waals surface area contributed by atoms with E-state index >= 15 is 0 Å². The molecule has 0 aliphatic rings. The van der Waals surface area contributed by atoms with Crippen molar-refractivity contribution in [3.8, 4) is 0 Å². The summed E-state index contributed by atoms with van der Waals surface area (Å²) in [4.78, 5) is 4.48. The van der Waals surface area contributed by atoms with Gasteiger partial charge in [0.15, 0.2) is 0 Å². The number of benzene rings is 1. The van der Waals surface area contributed by atoms with E-state index in [0.29, 0.717) is 0 Å². The highest BCUT2D eigenvalue weighted by atomic mass is 14.7. The first kappa shape index (κ1) is 8.30. The highest BCUT2D eigenvalue weighted by Gasteiger charge is 1.95. The van der Waals surface area contributed by atoms with Crippen LogP contribution < -0.4 is 5.46 Å². The Hall–Kier alpha value is -1.31. The Bertz CT molecular complexity index is 437. The van der Waals surface area contributed by atoms with Crippen molar-refractivity contribution < 1.29 is 0 Å². The monoisotopic (exact) mass is 167 g/mol. The van der Waals surface area contributed by atoms with Crippen molar-refractivity contribution in [2.75, 3.05) is 0 Å². The fourth-order valence-electron chi connectivity index (χ4n) is 1.38. The lowest BCUT2D eigenvalue weighted by atomic mass is 9.95. The largest absolute Gasteiger partial charge is 0.253 e. The Morgan fingerprint density at radius 3 is 2.85 bits per heavy atom. The van der Waals surface area contributed by atoms with Crippen molar-refractivity contribution >= 4 is 24.2 Å². The van der Waals surface area contributed by atoms with Gasteiger partial charge in [0.05, 0.1) is 5.52 Å². The van der Waals surface area contributed by atoms with E-state index in [-0.39, 0.29) is 0 Å². The van der Waals surface area contributed by atoms with Gasteiger partial charge in [-0.2, -0.15) is 0 Å². The number of rotatable bonds is 1. The molecule has 2 radical (unpaired) electrons. The maximum Gasteiger partial charge on any atom is 0.113 e. The number of pyridine rings is 1. The quantitative estimate of drug-likeness (QED) is 0.587. The van der Waals surface area contributed by atoms with Crippen molar-refractivity contribution in [1.82, 2.24) is 4.98 Å². The molecule has 1 aromatic heterocycles. The maximum absolute atomic E-state index is 5.67. The lowest BCUT2D eigenvalue weighted by Gasteiger charge is -2.01. The molecule has 0 bridgehead atoms. The van der Waals surface area contributed by atoms with Crippen LogP contribution in [-0.2, 0) is 6.42 Å².